The van der Waals surface area contributed by atoms with E-state index in [9.17, 15) is 0 Å². The first kappa shape index (κ1) is 11.5. The van der Waals surface area contributed by atoms with E-state index in [-0.39, 0.29) is 0 Å². The van der Waals surface area contributed by atoms with Crippen LogP contribution in [0.5, 0.6) is 0 Å². The van der Waals surface area contributed by atoms with Gasteiger partial charge in [-0.25, -0.2) is 0 Å². The molecule has 0 heterocycles. The molecule has 0 radical (unpaired) electrons. The Morgan fingerprint density at radius 3 is 1.36 bits per heavy atom. The second-order valence-corrected chi connectivity index (χ2v) is 5.95. The van der Waals surface area contributed by atoms with Crippen LogP contribution in [0.3, 0.4) is 0 Å². The third-order valence-electron chi connectivity index (χ3n) is 1.14. The van der Waals surface area contributed by atoms with Gasteiger partial charge in [-0.15, -0.1) is 0 Å². The Morgan fingerprint density at radius 2 is 1.18 bits per heavy atom. The molecule has 5 heteroatoms. The van der Waals surface area contributed by atoms with Gasteiger partial charge >= 0.3 is 0 Å². The molecule has 0 rings (SSSR count). The van der Waals surface area contributed by atoms with Crippen molar-refractivity contribution in [3.05, 3.63) is 0 Å². The smallest absolute Gasteiger partial charge is 0.137 e. The van der Waals surface area contributed by atoms with E-state index in [0.717, 1.165) is 19.6 Å². The molecule has 0 spiro atoms. The van der Waals surface area contributed by atoms with Gasteiger partial charge in [0, 0.05) is 0 Å². The summed E-state index contributed by atoms with van der Waals surface area (Å²) in [6, 6.07) is 0. The first-order valence-electron chi connectivity index (χ1n) is 4.04. The number of hydrogen-bond acceptors (Lipinski definition) is 1. The molecule has 0 aromatic rings. The van der Waals surface area contributed by atoms with Crippen molar-refractivity contribution in [1.82, 2.24) is 15.3 Å². The highest BCUT2D eigenvalue weighted by Gasteiger charge is 2.10. The Bertz CT molecular complexity index is 116. The van der Waals surface area contributed by atoms with Gasteiger partial charge in [0.25, 0.3) is 0 Å². The Morgan fingerprint density at radius 1 is 0.909 bits per heavy atom. The molecule has 0 saturated carbocycles. The number of nitrogens with one attached hydrogen (secondary N) is 3. The van der Waals surface area contributed by atoms with Gasteiger partial charge in [-0.3, -0.25) is 15.3 Å². The predicted octanol–water partition coefficient (Wildman–Crippen LogP) is 1.04. The normalized spacial score (nSPS) is 11.9. The van der Waals surface area contributed by atoms with Crippen LogP contribution in [0, 0.1) is 0 Å². The van der Waals surface area contributed by atoms with E-state index >= 15 is 0 Å². The summed E-state index contributed by atoms with van der Waals surface area (Å²) >= 11 is 5.38. The highest BCUT2D eigenvalue weighted by molar-refractivity contribution is 8.11. The highest BCUT2D eigenvalue weighted by Crippen LogP contribution is 2.29. The fraction of sp³-hybridized carbons (Fsp3) is 1.00. The molecule has 0 aliphatic rings. The highest BCUT2D eigenvalue weighted by atomic mass is 32.4. The lowest BCUT2D eigenvalue weighted by Gasteiger charge is -2.23. The lowest BCUT2D eigenvalue weighted by atomic mass is 10.8. The third-order valence-corrected chi connectivity index (χ3v) is 4.59. The number of rotatable bonds is 6. The van der Waals surface area contributed by atoms with Crippen LogP contribution < -0.4 is 15.3 Å². The molecule has 0 aromatic heterocycles. The third kappa shape index (κ3) is 4.88. The molecule has 0 bridgehead atoms. The summed E-state index contributed by atoms with van der Waals surface area (Å²) in [5, 5.41) is 9.79. The quantitative estimate of drug-likeness (QED) is 0.553. The maximum Gasteiger partial charge on any atom is 0.137 e. The lowest BCUT2D eigenvalue weighted by molar-refractivity contribution is 0.878. The summed E-state index contributed by atoms with van der Waals surface area (Å²) < 4.78 is 0. The van der Waals surface area contributed by atoms with E-state index in [1.807, 2.05) is 0 Å². The van der Waals surface area contributed by atoms with Crippen molar-refractivity contribution in [2.24, 2.45) is 0 Å². The van der Waals surface area contributed by atoms with Crippen molar-refractivity contribution in [2.45, 2.75) is 20.8 Å². The minimum atomic E-state index is -1.64. The van der Waals surface area contributed by atoms with Crippen LogP contribution >= 0.6 is 6.49 Å². The summed E-state index contributed by atoms with van der Waals surface area (Å²) in [6.45, 7) is 7.30. The Hall–Kier alpha value is 0.530. The van der Waals surface area contributed by atoms with Crippen LogP contribution in [-0.2, 0) is 11.8 Å². The molecule has 3 N–H and O–H groups in total. The van der Waals surface area contributed by atoms with Gasteiger partial charge in [-0.1, -0.05) is 20.8 Å². The fourth-order valence-corrected chi connectivity index (χ4v) is 3.67. The molecule has 0 atom stereocenters. The second kappa shape index (κ2) is 6.09. The van der Waals surface area contributed by atoms with Crippen molar-refractivity contribution in [3.63, 3.8) is 0 Å². The Kier molecular flexibility index (Phi) is 6.38. The van der Waals surface area contributed by atoms with Gasteiger partial charge in [0.05, 0.1) is 0 Å². The monoisotopic (exact) mass is 195 g/mol. The van der Waals surface area contributed by atoms with Crippen LogP contribution in [0.2, 0.25) is 0 Å². The summed E-state index contributed by atoms with van der Waals surface area (Å²) in [6.07, 6.45) is 0. The average Bonchev–Trinajstić information content (AvgIpc) is 1.88. The zero-order valence-corrected chi connectivity index (χ0v) is 9.19. The SMILES string of the molecule is CCNP(=S)(NCC)NCC. The molecule has 3 nitrogen and oxygen atoms in total. The van der Waals surface area contributed by atoms with Gasteiger partial charge < -0.3 is 0 Å². The molecule has 0 fully saturated rings. The van der Waals surface area contributed by atoms with E-state index in [1.165, 1.54) is 0 Å². The van der Waals surface area contributed by atoms with Gasteiger partial charge in [0.15, 0.2) is 0 Å². The topological polar surface area (TPSA) is 36.1 Å². The molecule has 11 heavy (non-hydrogen) atoms. The van der Waals surface area contributed by atoms with Gasteiger partial charge in [0.2, 0.25) is 0 Å². The van der Waals surface area contributed by atoms with Crippen LogP contribution in [0.25, 0.3) is 0 Å². The van der Waals surface area contributed by atoms with Crippen molar-refractivity contribution >= 4 is 18.3 Å². The minimum absolute atomic E-state index is 0.914. The first-order valence-corrected chi connectivity index (χ1v) is 6.84. The maximum atomic E-state index is 5.38. The van der Waals surface area contributed by atoms with Crippen LogP contribution in [-0.4, -0.2) is 19.6 Å². The Labute approximate surface area is 74.5 Å². The molecular formula is C6H18N3PS. The molecule has 0 aromatic carbocycles. The van der Waals surface area contributed by atoms with Gasteiger partial charge in [0.1, 0.15) is 6.49 Å². The zero-order valence-electron chi connectivity index (χ0n) is 7.48. The van der Waals surface area contributed by atoms with E-state index in [4.69, 9.17) is 11.8 Å². The van der Waals surface area contributed by atoms with Crippen LogP contribution in [0.1, 0.15) is 20.8 Å². The molecule has 0 unspecified atom stereocenters. The summed E-state index contributed by atoms with van der Waals surface area (Å²) in [7, 11) is 0. The van der Waals surface area contributed by atoms with Crippen molar-refractivity contribution in [3.8, 4) is 0 Å². The minimum Gasteiger partial charge on any atom is -0.266 e. The van der Waals surface area contributed by atoms with Gasteiger partial charge in [-0.2, -0.15) is 0 Å². The van der Waals surface area contributed by atoms with E-state index in [1.54, 1.807) is 0 Å². The van der Waals surface area contributed by atoms with Crippen molar-refractivity contribution in [1.29, 1.82) is 0 Å². The Balaban J connectivity index is 3.91. The largest absolute Gasteiger partial charge is 0.266 e. The summed E-state index contributed by atoms with van der Waals surface area (Å²) in [4.78, 5) is 0. The molecule has 0 aliphatic heterocycles. The maximum absolute atomic E-state index is 5.38. The molecule has 68 valence electrons. The van der Waals surface area contributed by atoms with Crippen LogP contribution in [0.15, 0.2) is 0 Å². The molecule has 0 aliphatic carbocycles. The van der Waals surface area contributed by atoms with Crippen molar-refractivity contribution < 1.29 is 0 Å². The first-order chi connectivity index (χ1) is 5.18. The van der Waals surface area contributed by atoms with Gasteiger partial charge in [-0.05, 0) is 31.4 Å². The van der Waals surface area contributed by atoms with Crippen LogP contribution in [0.4, 0.5) is 0 Å². The molecule has 0 amide bonds. The van der Waals surface area contributed by atoms with E-state index in [2.05, 4.69) is 36.0 Å². The number of hydrogen-bond donors (Lipinski definition) is 3. The zero-order chi connectivity index (χ0) is 8.74. The second-order valence-electron chi connectivity index (χ2n) is 2.14. The van der Waals surface area contributed by atoms with E-state index < -0.39 is 6.49 Å². The molecule has 0 saturated heterocycles. The average molecular weight is 195 g/mol. The summed E-state index contributed by atoms with van der Waals surface area (Å²) in [5.41, 5.74) is 0. The fourth-order valence-electron chi connectivity index (χ4n) is 0.836. The predicted molar refractivity (Wildman–Crippen MR) is 55.3 cm³/mol. The standard InChI is InChI=1S/C6H18N3PS/c1-4-7-10(11,8-5-2)9-6-3/h4-6H2,1-3H3,(H3,7,8,9,11). The lowest BCUT2D eigenvalue weighted by Crippen LogP contribution is -2.31. The van der Waals surface area contributed by atoms with E-state index in [0.29, 0.717) is 0 Å². The van der Waals surface area contributed by atoms with Crippen molar-refractivity contribution in [2.75, 3.05) is 19.6 Å². The molecular weight excluding hydrogens is 177 g/mol. The summed E-state index contributed by atoms with van der Waals surface area (Å²) in [5.74, 6) is 0.